The van der Waals surface area contributed by atoms with E-state index in [1.54, 1.807) is 29.2 Å². The van der Waals surface area contributed by atoms with E-state index in [-0.39, 0.29) is 22.9 Å². The Balaban J connectivity index is 1.42. The zero-order valence-electron chi connectivity index (χ0n) is 20.2. The van der Waals surface area contributed by atoms with Crippen LogP contribution in [0.15, 0.2) is 42.6 Å². The second-order valence-corrected chi connectivity index (χ2v) is 10.1. The van der Waals surface area contributed by atoms with Crippen LogP contribution in [0.25, 0.3) is 0 Å². The minimum Gasteiger partial charge on any atom is -0.334 e. The molecule has 2 aliphatic heterocycles. The molecule has 0 unspecified atom stereocenters. The SMILES string of the molecule is Cc1cccc(N2C(=O)c3ccc(C(=O)N4CCc5c(cnn5C(C)(C)C)C4)cc3C2=O)c1C. The Hall–Kier alpha value is -3.74. The van der Waals surface area contributed by atoms with Crippen LogP contribution in [0.4, 0.5) is 5.69 Å². The van der Waals surface area contributed by atoms with Gasteiger partial charge in [-0.2, -0.15) is 5.10 Å². The van der Waals surface area contributed by atoms with Gasteiger partial charge in [0.2, 0.25) is 0 Å². The van der Waals surface area contributed by atoms with Crippen molar-refractivity contribution >= 4 is 23.4 Å². The Kier molecular flexibility index (Phi) is 4.97. The Labute approximate surface area is 199 Å². The van der Waals surface area contributed by atoms with E-state index in [2.05, 4.69) is 25.9 Å². The normalized spacial score (nSPS) is 15.6. The number of nitrogens with zero attached hydrogens (tertiary/aromatic N) is 4. The third-order valence-electron chi connectivity index (χ3n) is 6.81. The molecule has 3 aromatic rings. The molecule has 5 rings (SSSR count). The second kappa shape index (κ2) is 7.65. The number of aromatic nitrogens is 2. The number of aryl methyl sites for hydroxylation is 1. The van der Waals surface area contributed by atoms with E-state index in [1.807, 2.05) is 36.9 Å². The number of hydrogen-bond acceptors (Lipinski definition) is 4. The van der Waals surface area contributed by atoms with Crippen LogP contribution in [-0.4, -0.2) is 38.9 Å². The van der Waals surface area contributed by atoms with Gasteiger partial charge >= 0.3 is 0 Å². The van der Waals surface area contributed by atoms with Crippen LogP contribution in [0.1, 0.15) is 74.2 Å². The van der Waals surface area contributed by atoms with Gasteiger partial charge in [0, 0.05) is 36.3 Å². The Morgan fingerprint density at radius 1 is 1.00 bits per heavy atom. The minimum atomic E-state index is -0.393. The summed E-state index contributed by atoms with van der Waals surface area (Å²) in [5.41, 5.74) is 5.57. The molecule has 3 heterocycles. The van der Waals surface area contributed by atoms with E-state index in [0.717, 1.165) is 28.8 Å². The van der Waals surface area contributed by atoms with Crippen molar-refractivity contribution in [2.24, 2.45) is 0 Å². The molecule has 2 aromatic carbocycles. The predicted octanol–water partition coefficient (Wildman–Crippen LogP) is 4.25. The van der Waals surface area contributed by atoms with E-state index in [0.29, 0.717) is 29.9 Å². The van der Waals surface area contributed by atoms with Crippen molar-refractivity contribution in [3.8, 4) is 0 Å². The molecule has 0 saturated carbocycles. The van der Waals surface area contributed by atoms with Gasteiger partial charge in [-0.15, -0.1) is 0 Å². The van der Waals surface area contributed by atoms with E-state index < -0.39 is 5.91 Å². The molecular formula is C27H28N4O3. The maximum atomic E-state index is 13.3. The fourth-order valence-corrected chi connectivity index (χ4v) is 4.84. The summed E-state index contributed by atoms with van der Waals surface area (Å²) in [4.78, 5) is 42.7. The minimum absolute atomic E-state index is 0.117. The summed E-state index contributed by atoms with van der Waals surface area (Å²) < 4.78 is 2.03. The molecule has 0 radical (unpaired) electrons. The van der Waals surface area contributed by atoms with Gasteiger partial charge in [0.1, 0.15) is 0 Å². The van der Waals surface area contributed by atoms with Crippen molar-refractivity contribution in [3.05, 3.63) is 81.7 Å². The standard InChI is InChI=1S/C27H28N4O3/c1-16-7-6-8-22(17(16)2)30-25(33)20-10-9-18(13-21(20)26(30)34)24(32)29-12-11-23-19(15-29)14-28-31(23)27(3,4)5/h6-10,13-14H,11-12,15H2,1-5H3. The monoisotopic (exact) mass is 456 g/mol. The van der Waals surface area contributed by atoms with Gasteiger partial charge in [-0.1, -0.05) is 12.1 Å². The highest BCUT2D eigenvalue weighted by Crippen LogP contribution is 2.33. The molecule has 7 heteroatoms. The number of anilines is 1. The molecule has 0 N–H and O–H groups in total. The van der Waals surface area contributed by atoms with Gasteiger partial charge in [0.15, 0.2) is 0 Å². The third kappa shape index (κ3) is 3.34. The molecule has 0 atom stereocenters. The summed E-state index contributed by atoms with van der Waals surface area (Å²) in [6.07, 6.45) is 2.56. The number of rotatable bonds is 2. The van der Waals surface area contributed by atoms with Crippen molar-refractivity contribution in [2.45, 2.75) is 53.1 Å². The summed E-state index contributed by atoms with van der Waals surface area (Å²) in [7, 11) is 0. The summed E-state index contributed by atoms with van der Waals surface area (Å²) in [6.45, 7) is 11.2. The summed E-state index contributed by atoms with van der Waals surface area (Å²) in [5, 5.41) is 4.54. The molecule has 34 heavy (non-hydrogen) atoms. The maximum absolute atomic E-state index is 13.3. The molecule has 0 fully saturated rings. The summed E-state index contributed by atoms with van der Waals surface area (Å²) in [6, 6.07) is 10.4. The molecule has 3 amide bonds. The average molecular weight is 457 g/mol. The number of imide groups is 1. The van der Waals surface area contributed by atoms with Gasteiger partial charge in [0.05, 0.1) is 28.6 Å². The van der Waals surface area contributed by atoms with Crippen LogP contribution in [-0.2, 0) is 18.5 Å². The first-order chi connectivity index (χ1) is 16.1. The highest BCUT2D eigenvalue weighted by molar-refractivity contribution is 6.35. The molecule has 0 bridgehead atoms. The predicted molar refractivity (Wildman–Crippen MR) is 129 cm³/mol. The molecule has 0 spiro atoms. The van der Waals surface area contributed by atoms with Crippen LogP contribution in [0.5, 0.6) is 0 Å². The fraction of sp³-hybridized carbons (Fsp3) is 0.333. The largest absolute Gasteiger partial charge is 0.334 e. The zero-order valence-corrected chi connectivity index (χ0v) is 20.2. The average Bonchev–Trinajstić information content (AvgIpc) is 3.34. The lowest BCUT2D eigenvalue weighted by Crippen LogP contribution is -2.37. The first-order valence-electron chi connectivity index (χ1n) is 11.5. The van der Waals surface area contributed by atoms with Gasteiger partial charge in [-0.3, -0.25) is 19.1 Å². The molecule has 1 aromatic heterocycles. The first kappa shape index (κ1) is 22.1. The number of carbonyl (C=O) groups excluding carboxylic acids is 3. The molecule has 0 saturated heterocycles. The number of carbonyl (C=O) groups is 3. The first-order valence-corrected chi connectivity index (χ1v) is 11.5. The molecule has 7 nitrogen and oxygen atoms in total. The topological polar surface area (TPSA) is 75.5 Å². The van der Waals surface area contributed by atoms with Crippen LogP contribution < -0.4 is 4.90 Å². The molecular weight excluding hydrogens is 428 g/mol. The Morgan fingerprint density at radius 3 is 2.47 bits per heavy atom. The lowest BCUT2D eigenvalue weighted by Gasteiger charge is -2.30. The number of benzene rings is 2. The quantitative estimate of drug-likeness (QED) is 0.540. The van der Waals surface area contributed by atoms with Gasteiger partial charge in [0.25, 0.3) is 17.7 Å². The van der Waals surface area contributed by atoms with Crippen LogP contribution in [0, 0.1) is 13.8 Å². The Bertz CT molecular complexity index is 1360. The smallest absolute Gasteiger partial charge is 0.266 e. The number of amides is 3. The van der Waals surface area contributed by atoms with Crippen molar-refractivity contribution < 1.29 is 14.4 Å². The van der Waals surface area contributed by atoms with Crippen LogP contribution >= 0.6 is 0 Å². The lowest BCUT2D eigenvalue weighted by molar-refractivity contribution is 0.0732. The highest BCUT2D eigenvalue weighted by Gasteiger charge is 2.38. The maximum Gasteiger partial charge on any atom is 0.266 e. The second-order valence-electron chi connectivity index (χ2n) is 10.1. The summed E-state index contributed by atoms with van der Waals surface area (Å²) >= 11 is 0. The lowest BCUT2D eigenvalue weighted by atomic mass is 10.0. The molecule has 174 valence electrons. The van der Waals surface area contributed by atoms with E-state index >= 15 is 0 Å². The Morgan fingerprint density at radius 2 is 1.74 bits per heavy atom. The zero-order chi connectivity index (χ0) is 24.4. The van der Waals surface area contributed by atoms with Crippen molar-refractivity contribution in [3.63, 3.8) is 0 Å². The van der Waals surface area contributed by atoms with Gasteiger partial charge in [-0.25, -0.2) is 4.90 Å². The summed E-state index contributed by atoms with van der Waals surface area (Å²) in [5.74, 6) is -0.900. The number of fused-ring (bicyclic) bond motifs is 2. The number of hydrogen-bond donors (Lipinski definition) is 0. The van der Waals surface area contributed by atoms with Gasteiger partial charge in [-0.05, 0) is 70.0 Å². The van der Waals surface area contributed by atoms with Crippen molar-refractivity contribution in [2.75, 3.05) is 11.4 Å². The van der Waals surface area contributed by atoms with Crippen molar-refractivity contribution in [1.29, 1.82) is 0 Å². The fourth-order valence-electron chi connectivity index (χ4n) is 4.84. The van der Waals surface area contributed by atoms with Crippen molar-refractivity contribution in [1.82, 2.24) is 14.7 Å². The van der Waals surface area contributed by atoms with E-state index in [4.69, 9.17) is 0 Å². The van der Waals surface area contributed by atoms with E-state index in [1.165, 1.54) is 4.90 Å². The molecule has 0 aliphatic carbocycles. The van der Waals surface area contributed by atoms with Crippen LogP contribution in [0.2, 0.25) is 0 Å². The van der Waals surface area contributed by atoms with E-state index in [9.17, 15) is 14.4 Å². The highest BCUT2D eigenvalue weighted by atomic mass is 16.2. The van der Waals surface area contributed by atoms with Gasteiger partial charge < -0.3 is 4.90 Å². The van der Waals surface area contributed by atoms with Crippen LogP contribution in [0.3, 0.4) is 0 Å². The molecule has 2 aliphatic rings. The third-order valence-corrected chi connectivity index (χ3v) is 6.81.